The number of aliphatic hydroxyl groups excluding tert-OH is 1. The van der Waals surface area contributed by atoms with Crippen LogP contribution in [-0.4, -0.2) is 22.3 Å². The fourth-order valence-corrected chi connectivity index (χ4v) is 0.474. The molecule has 0 aromatic carbocycles. The maximum Gasteiger partial charge on any atom is 0.336 e. The molecule has 2 N–H and O–H groups in total. The molecule has 0 radical (unpaired) electrons. The maximum atomic E-state index is 9.99. The van der Waals surface area contributed by atoms with Crippen molar-refractivity contribution in [1.29, 1.82) is 0 Å². The summed E-state index contributed by atoms with van der Waals surface area (Å²) in [5, 5.41) is 16.8. The third-order valence-electron chi connectivity index (χ3n) is 1.03. The number of aliphatic carboxylic acids is 1. The molecule has 0 aromatic rings. The normalized spacial score (nSPS) is 13.8. The average molecular weight is 144 g/mol. The molecule has 0 aliphatic rings. The highest BCUT2D eigenvalue weighted by Crippen LogP contribution is 1.91. The minimum absolute atomic E-state index is 0.810. The van der Waals surface area contributed by atoms with Crippen LogP contribution in [0.4, 0.5) is 0 Å². The molecule has 0 bridgehead atoms. The quantitative estimate of drug-likeness (QED) is 0.573. The molecule has 0 rings (SSSR count). The summed E-state index contributed by atoms with van der Waals surface area (Å²) in [4.78, 5) is 9.99. The molecule has 0 saturated heterocycles. The van der Waals surface area contributed by atoms with Crippen molar-refractivity contribution in [1.82, 2.24) is 0 Å². The molecular weight excluding hydrogens is 132 g/mol. The van der Waals surface area contributed by atoms with Crippen LogP contribution in [0.15, 0.2) is 12.2 Å². The first-order valence-corrected chi connectivity index (χ1v) is 3.26. The van der Waals surface area contributed by atoms with E-state index in [-0.39, 0.29) is 0 Å². The van der Waals surface area contributed by atoms with E-state index in [1.54, 1.807) is 6.08 Å². The summed E-state index contributed by atoms with van der Waals surface area (Å²) >= 11 is 0. The van der Waals surface area contributed by atoms with Gasteiger partial charge in [0, 0.05) is 0 Å². The first-order valence-electron chi connectivity index (χ1n) is 3.26. The SMILES string of the molecule is CCC/C=C/[C@@H](O)C(=O)O. The number of unbranched alkanes of at least 4 members (excludes halogenated alkanes) is 1. The second kappa shape index (κ2) is 4.99. The molecule has 0 fully saturated rings. The van der Waals surface area contributed by atoms with Crippen LogP contribution in [0, 0.1) is 0 Å². The monoisotopic (exact) mass is 144 g/mol. The summed E-state index contributed by atoms with van der Waals surface area (Å²) in [5.74, 6) is -1.20. The van der Waals surface area contributed by atoms with Crippen molar-refractivity contribution in [3.63, 3.8) is 0 Å². The van der Waals surface area contributed by atoms with E-state index in [9.17, 15) is 4.79 Å². The minimum Gasteiger partial charge on any atom is -0.479 e. The zero-order valence-corrected chi connectivity index (χ0v) is 5.95. The average Bonchev–Trinajstić information content (AvgIpc) is 1.88. The molecule has 0 unspecified atom stereocenters. The van der Waals surface area contributed by atoms with Gasteiger partial charge in [0.05, 0.1) is 0 Å². The maximum absolute atomic E-state index is 9.99. The van der Waals surface area contributed by atoms with Gasteiger partial charge in [-0.3, -0.25) is 0 Å². The minimum atomic E-state index is -1.34. The fourth-order valence-electron chi connectivity index (χ4n) is 0.474. The van der Waals surface area contributed by atoms with Gasteiger partial charge in [-0.15, -0.1) is 0 Å². The highest BCUT2D eigenvalue weighted by Gasteiger charge is 2.06. The van der Waals surface area contributed by atoms with Gasteiger partial charge in [-0.1, -0.05) is 19.4 Å². The van der Waals surface area contributed by atoms with E-state index in [2.05, 4.69) is 0 Å². The van der Waals surface area contributed by atoms with E-state index >= 15 is 0 Å². The summed E-state index contributed by atoms with van der Waals surface area (Å²) in [5.41, 5.74) is 0. The summed E-state index contributed by atoms with van der Waals surface area (Å²) in [6, 6.07) is 0. The van der Waals surface area contributed by atoms with Gasteiger partial charge in [-0.2, -0.15) is 0 Å². The predicted octanol–water partition coefficient (Wildman–Crippen LogP) is 0.788. The van der Waals surface area contributed by atoms with Crippen LogP contribution in [0.25, 0.3) is 0 Å². The summed E-state index contributed by atoms with van der Waals surface area (Å²) in [6.45, 7) is 1.98. The lowest BCUT2D eigenvalue weighted by atomic mass is 10.2. The number of carboxylic acid groups (broad SMARTS) is 1. The number of carbonyl (C=O) groups is 1. The molecular formula is C7H12O3. The number of hydrogen-bond acceptors (Lipinski definition) is 2. The molecule has 0 aliphatic carbocycles. The van der Waals surface area contributed by atoms with Gasteiger partial charge in [-0.25, -0.2) is 4.79 Å². The van der Waals surface area contributed by atoms with Crippen LogP contribution in [0.1, 0.15) is 19.8 Å². The summed E-state index contributed by atoms with van der Waals surface area (Å²) in [7, 11) is 0. The zero-order chi connectivity index (χ0) is 7.98. The first-order chi connectivity index (χ1) is 4.68. The Labute approximate surface area is 60.0 Å². The lowest BCUT2D eigenvalue weighted by Gasteiger charge is -1.95. The molecule has 1 atom stereocenters. The Morgan fingerprint density at radius 2 is 2.30 bits per heavy atom. The molecule has 0 saturated carbocycles. The van der Waals surface area contributed by atoms with E-state index in [1.165, 1.54) is 6.08 Å². The highest BCUT2D eigenvalue weighted by molar-refractivity contribution is 5.74. The number of rotatable bonds is 4. The van der Waals surface area contributed by atoms with Crippen LogP contribution < -0.4 is 0 Å². The summed E-state index contributed by atoms with van der Waals surface area (Å²) in [6.07, 6.45) is 3.38. The van der Waals surface area contributed by atoms with Crippen LogP contribution in [0.3, 0.4) is 0 Å². The predicted molar refractivity (Wildman–Crippen MR) is 37.7 cm³/mol. The van der Waals surface area contributed by atoms with Gasteiger partial charge in [0.1, 0.15) is 0 Å². The van der Waals surface area contributed by atoms with Crippen molar-refractivity contribution in [2.45, 2.75) is 25.9 Å². The topological polar surface area (TPSA) is 57.5 Å². The van der Waals surface area contributed by atoms with E-state index in [0.29, 0.717) is 0 Å². The Hall–Kier alpha value is -0.830. The van der Waals surface area contributed by atoms with Gasteiger partial charge >= 0.3 is 5.97 Å². The van der Waals surface area contributed by atoms with Crippen molar-refractivity contribution >= 4 is 5.97 Å². The number of carboxylic acids is 1. The molecule has 3 nitrogen and oxygen atoms in total. The van der Waals surface area contributed by atoms with Crippen LogP contribution >= 0.6 is 0 Å². The summed E-state index contributed by atoms with van der Waals surface area (Å²) < 4.78 is 0. The molecule has 10 heavy (non-hydrogen) atoms. The molecule has 58 valence electrons. The van der Waals surface area contributed by atoms with Crippen molar-refractivity contribution in [3.8, 4) is 0 Å². The Kier molecular flexibility index (Phi) is 4.58. The van der Waals surface area contributed by atoms with Gasteiger partial charge in [0.2, 0.25) is 0 Å². The van der Waals surface area contributed by atoms with Crippen molar-refractivity contribution in [2.75, 3.05) is 0 Å². The Morgan fingerprint density at radius 1 is 1.70 bits per heavy atom. The molecule has 0 heterocycles. The largest absolute Gasteiger partial charge is 0.479 e. The number of aliphatic hydroxyl groups is 1. The second-order valence-electron chi connectivity index (χ2n) is 2.00. The third kappa shape index (κ3) is 4.09. The molecule has 3 heteroatoms. The van der Waals surface area contributed by atoms with E-state index in [0.717, 1.165) is 12.8 Å². The smallest absolute Gasteiger partial charge is 0.336 e. The van der Waals surface area contributed by atoms with E-state index < -0.39 is 12.1 Å². The first kappa shape index (κ1) is 9.17. The Morgan fingerprint density at radius 3 is 2.70 bits per heavy atom. The van der Waals surface area contributed by atoms with Gasteiger partial charge in [0.25, 0.3) is 0 Å². The van der Waals surface area contributed by atoms with Crippen molar-refractivity contribution < 1.29 is 15.0 Å². The molecule has 0 aromatic heterocycles. The van der Waals surface area contributed by atoms with Crippen LogP contribution in [0.2, 0.25) is 0 Å². The zero-order valence-electron chi connectivity index (χ0n) is 5.95. The molecule has 0 spiro atoms. The lowest BCUT2D eigenvalue weighted by molar-refractivity contribution is -0.144. The third-order valence-corrected chi connectivity index (χ3v) is 1.03. The van der Waals surface area contributed by atoms with Crippen LogP contribution in [0.5, 0.6) is 0 Å². The van der Waals surface area contributed by atoms with Gasteiger partial charge in [-0.05, 0) is 12.5 Å². The Bertz CT molecular complexity index is 129. The number of hydrogen-bond donors (Lipinski definition) is 2. The molecule has 0 amide bonds. The van der Waals surface area contributed by atoms with E-state index in [1.807, 2.05) is 6.92 Å². The Balaban J connectivity index is 3.55. The lowest BCUT2D eigenvalue weighted by Crippen LogP contribution is -2.15. The van der Waals surface area contributed by atoms with Crippen molar-refractivity contribution in [2.24, 2.45) is 0 Å². The highest BCUT2D eigenvalue weighted by atomic mass is 16.4. The number of allylic oxidation sites excluding steroid dienone is 1. The second-order valence-corrected chi connectivity index (χ2v) is 2.00. The van der Waals surface area contributed by atoms with E-state index in [4.69, 9.17) is 10.2 Å². The van der Waals surface area contributed by atoms with Gasteiger partial charge < -0.3 is 10.2 Å². The molecule has 0 aliphatic heterocycles. The fraction of sp³-hybridized carbons (Fsp3) is 0.571. The van der Waals surface area contributed by atoms with Crippen LogP contribution in [-0.2, 0) is 4.79 Å². The standard InChI is InChI=1S/C7H12O3/c1-2-3-4-5-6(8)7(9)10/h4-6,8H,2-3H2,1H3,(H,9,10)/b5-4+/t6-/m1/s1. The van der Waals surface area contributed by atoms with Crippen molar-refractivity contribution in [3.05, 3.63) is 12.2 Å². The van der Waals surface area contributed by atoms with Gasteiger partial charge in [0.15, 0.2) is 6.10 Å².